The van der Waals surface area contributed by atoms with Crippen LogP contribution in [-0.4, -0.2) is 24.2 Å². The molecular formula is C46H49BrF6O2. The first-order chi connectivity index (χ1) is 26.0. The van der Waals surface area contributed by atoms with E-state index in [4.69, 9.17) is 0 Å². The van der Waals surface area contributed by atoms with Gasteiger partial charge in [-0.25, -0.2) is 0 Å². The van der Waals surface area contributed by atoms with Crippen molar-refractivity contribution >= 4 is 33.7 Å². The molecule has 0 amide bonds. The van der Waals surface area contributed by atoms with Crippen molar-refractivity contribution in [2.24, 2.45) is 0 Å². The van der Waals surface area contributed by atoms with Crippen LogP contribution in [0.2, 0.25) is 0 Å². The summed E-state index contributed by atoms with van der Waals surface area (Å²) in [6.07, 6.45) is 5.63. The molecule has 0 spiro atoms. The molecule has 1 unspecified atom stereocenters. The Kier molecular flexibility index (Phi) is 17.8. The van der Waals surface area contributed by atoms with Crippen LogP contribution in [0.4, 0.5) is 26.3 Å². The van der Waals surface area contributed by atoms with Gasteiger partial charge in [-0.1, -0.05) is 152 Å². The van der Waals surface area contributed by atoms with Crippen LogP contribution in [0.25, 0.3) is 17.7 Å². The van der Waals surface area contributed by atoms with E-state index in [0.717, 1.165) is 74.3 Å². The number of ether oxygens (including phenoxy) is 2. The van der Waals surface area contributed by atoms with Crippen molar-refractivity contribution in [3.05, 3.63) is 165 Å². The van der Waals surface area contributed by atoms with E-state index >= 15 is 0 Å². The van der Waals surface area contributed by atoms with Crippen LogP contribution >= 0.6 is 15.9 Å². The summed E-state index contributed by atoms with van der Waals surface area (Å²) in [4.78, 5) is 0.178. The standard InChI is InChI=1S/C46H49BrF6O2/c1-7-10-17-39(47)30-33(5)44(42-18-12-11-15-38(42)26-23-35-24-27-40(28-25-35)55-46(51,52)53)34(6)41(9-3)43(31-36-21-19-32(4)20-22-36)37(14-8-2)16-13-29-54-45(48,49)50/h8,11-16,18-22,24-28,31,39H,2,5,7,9-10,17,23,29-30H2,1,3-4,6H3/b16-13-,37-14+,38-26-,41-34+,43-31-,44-42+. The fraction of sp³-hybridized carbons (Fsp3) is 0.304. The van der Waals surface area contributed by atoms with Gasteiger partial charge in [0, 0.05) is 4.83 Å². The normalized spacial score (nSPS) is 14.9. The van der Waals surface area contributed by atoms with Crippen LogP contribution < -0.4 is 15.2 Å². The molecular weight excluding hydrogens is 778 g/mol. The first kappa shape index (κ1) is 45.1. The Hall–Kier alpha value is -4.34. The Balaban J connectivity index is 2.34. The van der Waals surface area contributed by atoms with Gasteiger partial charge >= 0.3 is 12.7 Å². The maximum Gasteiger partial charge on any atom is 0.573 e. The van der Waals surface area contributed by atoms with Gasteiger partial charge in [-0.2, -0.15) is 0 Å². The summed E-state index contributed by atoms with van der Waals surface area (Å²) in [6, 6.07) is 21.8. The third kappa shape index (κ3) is 15.4. The Morgan fingerprint density at radius 2 is 1.58 bits per heavy atom. The zero-order chi connectivity index (χ0) is 40.6. The average Bonchev–Trinajstić information content (AvgIpc) is 3.12. The second kappa shape index (κ2) is 21.7. The van der Waals surface area contributed by atoms with Gasteiger partial charge in [-0.05, 0) is 113 Å². The largest absolute Gasteiger partial charge is 0.573 e. The molecule has 3 aromatic rings. The van der Waals surface area contributed by atoms with E-state index in [1.54, 1.807) is 30.4 Å². The predicted molar refractivity (Wildman–Crippen MR) is 218 cm³/mol. The lowest BCUT2D eigenvalue weighted by Crippen LogP contribution is -2.28. The smallest absolute Gasteiger partial charge is 0.406 e. The van der Waals surface area contributed by atoms with Gasteiger partial charge in [0.2, 0.25) is 0 Å². The van der Waals surface area contributed by atoms with Gasteiger partial charge in [-0.15, -0.1) is 26.3 Å². The number of halogens is 7. The zero-order valence-electron chi connectivity index (χ0n) is 31.8. The van der Waals surface area contributed by atoms with E-state index < -0.39 is 19.3 Å². The third-order valence-corrected chi connectivity index (χ3v) is 9.56. The van der Waals surface area contributed by atoms with Gasteiger partial charge < -0.3 is 4.74 Å². The number of rotatable bonds is 18. The fourth-order valence-electron chi connectivity index (χ4n) is 6.17. The van der Waals surface area contributed by atoms with Crippen LogP contribution in [0.3, 0.4) is 0 Å². The monoisotopic (exact) mass is 826 g/mol. The molecule has 55 heavy (non-hydrogen) atoms. The second-order valence-electron chi connectivity index (χ2n) is 13.1. The highest BCUT2D eigenvalue weighted by molar-refractivity contribution is 9.09. The molecule has 9 heteroatoms. The summed E-state index contributed by atoms with van der Waals surface area (Å²) in [5.74, 6) is -0.286. The molecule has 3 aromatic carbocycles. The first-order valence-electron chi connectivity index (χ1n) is 18.2. The Labute approximate surface area is 329 Å². The molecule has 0 heterocycles. The number of hydrogen-bond donors (Lipinski definition) is 0. The molecule has 0 aromatic heterocycles. The van der Waals surface area contributed by atoms with Gasteiger partial charge in [0.15, 0.2) is 0 Å². The topological polar surface area (TPSA) is 18.5 Å². The summed E-state index contributed by atoms with van der Waals surface area (Å²) in [6.45, 7) is 16.1. The molecule has 1 atom stereocenters. The van der Waals surface area contributed by atoms with E-state index in [9.17, 15) is 26.3 Å². The minimum atomic E-state index is -4.77. The van der Waals surface area contributed by atoms with Gasteiger partial charge in [-0.3, -0.25) is 4.74 Å². The lowest BCUT2D eigenvalue weighted by Gasteiger charge is -2.22. The second-order valence-corrected chi connectivity index (χ2v) is 14.3. The lowest BCUT2D eigenvalue weighted by atomic mass is 9.84. The van der Waals surface area contributed by atoms with Crippen molar-refractivity contribution in [1.82, 2.24) is 0 Å². The van der Waals surface area contributed by atoms with Crippen LogP contribution in [-0.2, 0) is 11.2 Å². The molecule has 3 rings (SSSR count). The van der Waals surface area contributed by atoms with Gasteiger partial charge in [0.25, 0.3) is 0 Å². The SMILES string of the molecule is C=C/C=C(\C=C/COC(F)(F)F)C(=C/c1ccc(C)cc1)/C(CC)=C(C)/C(C(=C)CC(Br)CCCC)=c1\cccc\c1=C\Cc1ccc(OC(F)(F)F)cc1. The molecule has 0 fully saturated rings. The van der Waals surface area contributed by atoms with Crippen LogP contribution in [0, 0.1) is 6.92 Å². The molecule has 0 radical (unpaired) electrons. The van der Waals surface area contributed by atoms with Crippen LogP contribution in [0.1, 0.15) is 69.6 Å². The summed E-state index contributed by atoms with van der Waals surface area (Å²) in [5.41, 5.74) is 8.02. The van der Waals surface area contributed by atoms with Crippen molar-refractivity contribution in [2.75, 3.05) is 6.61 Å². The van der Waals surface area contributed by atoms with Gasteiger partial charge in [0.05, 0.1) is 6.61 Å². The Morgan fingerprint density at radius 1 is 0.909 bits per heavy atom. The van der Waals surface area contributed by atoms with Crippen molar-refractivity contribution in [2.45, 2.75) is 83.8 Å². The molecule has 0 aliphatic rings. The quantitative estimate of drug-likeness (QED) is 0.0722. The predicted octanol–water partition coefficient (Wildman–Crippen LogP) is 13.0. The molecule has 0 saturated heterocycles. The zero-order valence-corrected chi connectivity index (χ0v) is 33.4. The number of hydrogen-bond acceptors (Lipinski definition) is 2. The van der Waals surface area contributed by atoms with Crippen LogP contribution in [0.15, 0.2) is 138 Å². The summed E-state index contributed by atoms with van der Waals surface area (Å²) >= 11 is 3.89. The molecule has 2 nitrogen and oxygen atoms in total. The first-order valence-corrected chi connectivity index (χ1v) is 19.1. The summed E-state index contributed by atoms with van der Waals surface area (Å²) in [7, 11) is 0. The highest BCUT2D eigenvalue weighted by Gasteiger charge is 2.31. The van der Waals surface area contributed by atoms with E-state index in [1.807, 2.05) is 74.5 Å². The number of alkyl halides is 7. The highest BCUT2D eigenvalue weighted by atomic mass is 79.9. The maximum atomic E-state index is 12.9. The number of benzene rings is 3. The number of unbranched alkanes of at least 4 members (excludes halogenated alkanes) is 1. The Bertz CT molecular complexity index is 1980. The third-order valence-electron chi connectivity index (χ3n) is 8.78. The molecule has 0 aliphatic heterocycles. The van der Waals surface area contributed by atoms with E-state index in [0.29, 0.717) is 24.8 Å². The molecule has 0 aliphatic carbocycles. The van der Waals surface area contributed by atoms with Crippen molar-refractivity contribution in [3.63, 3.8) is 0 Å². The summed E-state index contributed by atoms with van der Waals surface area (Å²) in [5, 5.41) is 1.85. The van der Waals surface area contributed by atoms with E-state index in [-0.39, 0.29) is 10.6 Å². The van der Waals surface area contributed by atoms with Crippen LogP contribution in [0.5, 0.6) is 5.75 Å². The average molecular weight is 828 g/mol. The minimum Gasteiger partial charge on any atom is -0.406 e. The van der Waals surface area contributed by atoms with Crippen molar-refractivity contribution < 1.29 is 35.8 Å². The highest BCUT2D eigenvalue weighted by Crippen LogP contribution is 2.35. The number of allylic oxidation sites excluding steroid dienone is 8. The van der Waals surface area contributed by atoms with Gasteiger partial charge in [0.1, 0.15) is 5.75 Å². The fourth-order valence-corrected chi connectivity index (χ4v) is 6.89. The van der Waals surface area contributed by atoms with Crippen molar-refractivity contribution in [1.29, 1.82) is 0 Å². The molecule has 294 valence electrons. The van der Waals surface area contributed by atoms with E-state index in [2.05, 4.69) is 52.4 Å². The Morgan fingerprint density at radius 3 is 2.18 bits per heavy atom. The molecule has 0 bridgehead atoms. The van der Waals surface area contributed by atoms with Crippen molar-refractivity contribution in [3.8, 4) is 5.75 Å². The maximum absolute atomic E-state index is 12.9. The number of aryl methyl sites for hydroxylation is 1. The molecule has 0 N–H and O–H groups in total. The van der Waals surface area contributed by atoms with E-state index in [1.165, 1.54) is 18.2 Å². The minimum absolute atomic E-state index is 0.178. The molecule has 0 saturated carbocycles. The lowest BCUT2D eigenvalue weighted by molar-refractivity contribution is -0.319. The summed E-state index contributed by atoms with van der Waals surface area (Å²) < 4.78 is 84.9.